The van der Waals surface area contributed by atoms with Gasteiger partial charge in [-0.1, -0.05) is 6.42 Å². The third-order valence-electron chi connectivity index (χ3n) is 4.29. The molecule has 0 bridgehead atoms. The highest BCUT2D eigenvalue weighted by molar-refractivity contribution is 5.79. The number of carbonyl (C=O) groups is 1. The van der Waals surface area contributed by atoms with Gasteiger partial charge in [-0.3, -0.25) is 4.79 Å². The van der Waals surface area contributed by atoms with Gasteiger partial charge in [-0.05, 0) is 24.7 Å². The van der Waals surface area contributed by atoms with E-state index in [2.05, 4.69) is 0 Å². The highest BCUT2D eigenvalue weighted by Gasteiger charge is 2.71. The summed E-state index contributed by atoms with van der Waals surface area (Å²) in [6.07, 6.45) is 3.54. The van der Waals surface area contributed by atoms with Gasteiger partial charge in [0, 0.05) is 7.11 Å². The van der Waals surface area contributed by atoms with E-state index in [0.29, 0.717) is 18.4 Å². The second kappa shape index (κ2) is 3.19. The van der Waals surface area contributed by atoms with Crippen LogP contribution in [0.25, 0.3) is 0 Å². The molecule has 1 heterocycles. The molecule has 84 valence electrons. The van der Waals surface area contributed by atoms with Crippen LogP contribution in [0.15, 0.2) is 0 Å². The van der Waals surface area contributed by atoms with Crippen molar-refractivity contribution in [2.24, 2.45) is 17.8 Å². The molecule has 4 atom stereocenters. The Hall–Kier alpha value is -0.610. The summed E-state index contributed by atoms with van der Waals surface area (Å²) in [5.41, 5.74) is -0.339. The van der Waals surface area contributed by atoms with Gasteiger partial charge < -0.3 is 14.2 Å². The highest BCUT2D eigenvalue weighted by Crippen LogP contribution is 2.62. The van der Waals surface area contributed by atoms with Gasteiger partial charge in [0.1, 0.15) is 19.0 Å². The fourth-order valence-electron chi connectivity index (χ4n) is 3.72. The molecule has 0 aromatic rings. The molecule has 2 saturated carbocycles. The molecule has 4 nitrogen and oxygen atoms in total. The molecule has 0 radical (unpaired) electrons. The van der Waals surface area contributed by atoms with Crippen molar-refractivity contribution >= 4 is 5.97 Å². The van der Waals surface area contributed by atoms with Crippen LogP contribution < -0.4 is 0 Å². The van der Waals surface area contributed by atoms with Crippen molar-refractivity contribution < 1.29 is 19.0 Å². The fraction of sp³-hybridized carbons (Fsp3) is 0.909. The number of rotatable bonds is 3. The first-order valence-electron chi connectivity index (χ1n) is 5.59. The minimum absolute atomic E-state index is 0.0138. The molecule has 4 heteroatoms. The van der Waals surface area contributed by atoms with Crippen LogP contribution in [0, 0.1) is 17.8 Å². The van der Waals surface area contributed by atoms with E-state index in [1.807, 2.05) is 0 Å². The number of fused-ring (bicyclic) bond motifs is 4. The summed E-state index contributed by atoms with van der Waals surface area (Å²) in [5.74, 6) is 0.954. The zero-order chi connectivity index (χ0) is 10.5. The molecule has 15 heavy (non-hydrogen) atoms. The summed E-state index contributed by atoms with van der Waals surface area (Å²) in [5, 5.41) is 0. The summed E-state index contributed by atoms with van der Waals surface area (Å²) in [7, 11) is 1.61. The van der Waals surface area contributed by atoms with Crippen molar-refractivity contribution in [3.8, 4) is 0 Å². The van der Waals surface area contributed by atoms with Crippen LogP contribution in [-0.2, 0) is 19.0 Å². The molecule has 3 fully saturated rings. The van der Waals surface area contributed by atoms with E-state index in [1.165, 1.54) is 12.8 Å². The highest BCUT2D eigenvalue weighted by atomic mass is 16.7. The molecule has 0 N–H and O–H groups in total. The van der Waals surface area contributed by atoms with Crippen molar-refractivity contribution in [3.05, 3.63) is 0 Å². The maximum Gasteiger partial charge on any atom is 0.312 e. The lowest BCUT2D eigenvalue weighted by Crippen LogP contribution is -2.62. The molecule has 3 aliphatic rings. The van der Waals surface area contributed by atoms with Gasteiger partial charge >= 0.3 is 5.97 Å². The molecule has 0 spiro atoms. The summed E-state index contributed by atoms with van der Waals surface area (Å²) >= 11 is 0. The molecule has 0 aromatic heterocycles. The number of methoxy groups -OCH3 is 1. The fourth-order valence-corrected chi connectivity index (χ4v) is 3.72. The van der Waals surface area contributed by atoms with Crippen LogP contribution in [0.4, 0.5) is 0 Å². The van der Waals surface area contributed by atoms with Crippen LogP contribution in [0.2, 0.25) is 0 Å². The summed E-state index contributed by atoms with van der Waals surface area (Å²) in [4.78, 5) is 11.6. The smallest absolute Gasteiger partial charge is 0.312 e. The van der Waals surface area contributed by atoms with E-state index >= 15 is 0 Å². The zero-order valence-electron chi connectivity index (χ0n) is 8.90. The second-order valence-corrected chi connectivity index (χ2v) is 4.79. The van der Waals surface area contributed by atoms with E-state index in [4.69, 9.17) is 14.2 Å². The first-order valence-corrected chi connectivity index (χ1v) is 5.59. The molecule has 1 saturated heterocycles. The Balaban J connectivity index is 1.82. The van der Waals surface area contributed by atoms with Gasteiger partial charge in [0.05, 0.1) is 5.92 Å². The molecular weight excluding hydrogens is 196 g/mol. The number of hydrogen-bond acceptors (Lipinski definition) is 4. The normalized spacial score (nSPS) is 47.0. The maximum absolute atomic E-state index is 11.6. The van der Waals surface area contributed by atoms with Crippen LogP contribution in [0.5, 0.6) is 0 Å². The second-order valence-electron chi connectivity index (χ2n) is 4.79. The third kappa shape index (κ3) is 1.06. The molecule has 1 aliphatic heterocycles. The number of hydrogen-bond donors (Lipinski definition) is 0. The first kappa shape index (κ1) is 9.60. The quantitative estimate of drug-likeness (QED) is 0.516. The number of ether oxygens (including phenoxy) is 3. The standard InChI is InChI=1S/C11H16O4/c1-13-6-15-11-5-14-10(12)9(11)7-3-2-4-8(7)11/h7-9H,2-6H2,1H3/t7-,8+,9-,11+/m0/s1. The van der Waals surface area contributed by atoms with Crippen LogP contribution in [0.3, 0.4) is 0 Å². The summed E-state index contributed by atoms with van der Waals surface area (Å²) in [6, 6.07) is 0. The Kier molecular flexibility index (Phi) is 2.04. The van der Waals surface area contributed by atoms with Gasteiger partial charge in [0.25, 0.3) is 0 Å². The average Bonchev–Trinajstić information content (AvgIpc) is 2.73. The Morgan fingerprint density at radius 1 is 1.53 bits per heavy atom. The van der Waals surface area contributed by atoms with E-state index in [-0.39, 0.29) is 24.3 Å². The van der Waals surface area contributed by atoms with Crippen molar-refractivity contribution in [2.75, 3.05) is 20.5 Å². The Labute approximate surface area is 88.9 Å². The molecular formula is C11H16O4. The first-order chi connectivity index (χ1) is 7.29. The number of carbonyl (C=O) groups excluding carboxylic acids is 1. The zero-order valence-corrected chi connectivity index (χ0v) is 8.90. The van der Waals surface area contributed by atoms with Crippen LogP contribution in [-0.4, -0.2) is 32.1 Å². The number of esters is 1. The molecule has 0 unspecified atom stereocenters. The topological polar surface area (TPSA) is 44.8 Å². The largest absolute Gasteiger partial charge is 0.462 e. The van der Waals surface area contributed by atoms with Gasteiger partial charge in [-0.25, -0.2) is 0 Å². The third-order valence-corrected chi connectivity index (χ3v) is 4.29. The number of cyclic esters (lactones) is 1. The molecule has 0 aromatic carbocycles. The Morgan fingerprint density at radius 3 is 3.20 bits per heavy atom. The van der Waals surface area contributed by atoms with Crippen molar-refractivity contribution in [1.82, 2.24) is 0 Å². The van der Waals surface area contributed by atoms with Crippen molar-refractivity contribution in [3.63, 3.8) is 0 Å². The molecule has 0 amide bonds. The van der Waals surface area contributed by atoms with E-state index in [9.17, 15) is 4.79 Å². The lowest BCUT2D eigenvalue weighted by Gasteiger charge is -2.51. The van der Waals surface area contributed by atoms with E-state index in [0.717, 1.165) is 6.42 Å². The summed E-state index contributed by atoms with van der Waals surface area (Å²) in [6.45, 7) is 0.692. The van der Waals surface area contributed by atoms with Gasteiger partial charge in [0.15, 0.2) is 0 Å². The van der Waals surface area contributed by atoms with Gasteiger partial charge in [-0.2, -0.15) is 0 Å². The SMILES string of the molecule is COCO[C@@]12COC(=O)[C@@H]1[C@H]1CCC[C@H]12. The molecule has 3 rings (SSSR count). The lowest BCUT2D eigenvalue weighted by molar-refractivity contribution is -0.233. The lowest BCUT2D eigenvalue weighted by atomic mass is 9.56. The minimum Gasteiger partial charge on any atom is -0.462 e. The molecule has 2 aliphatic carbocycles. The van der Waals surface area contributed by atoms with E-state index in [1.54, 1.807) is 7.11 Å². The Bertz CT molecular complexity index is 290. The minimum atomic E-state index is -0.339. The Morgan fingerprint density at radius 2 is 2.40 bits per heavy atom. The van der Waals surface area contributed by atoms with Crippen molar-refractivity contribution in [1.29, 1.82) is 0 Å². The van der Waals surface area contributed by atoms with E-state index < -0.39 is 0 Å². The predicted molar refractivity (Wildman–Crippen MR) is 51.0 cm³/mol. The monoisotopic (exact) mass is 212 g/mol. The predicted octanol–water partition coefficient (Wildman–Crippen LogP) is 0.949. The van der Waals surface area contributed by atoms with Crippen molar-refractivity contribution in [2.45, 2.75) is 24.9 Å². The summed E-state index contributed by atoms with van der Waals surface area (Å²) < 4.78 is 15.9. The van der Waals surface area contributed by atoms with Crippen LogP contribution >= 0.6 is 0 Å². The average molecular weight is 212 g/mol. The van der Waals surface area contributed by atoms with Gasteiger partial charge in [-0.15, -0.1) is 0 Å². The van der Waals surface area contributed by atoms with Crippen LogP contribution in [0.1, 0.15) is 19.3 Å². The maximum atomic E-state index is 11.6. The van der Waals surface area contributed by atoms with Gasteiger partial charge in [0.2, 0.25) is 0 Å².